The van der Waals surface area contributed by atoms with Crippen LogP contribution >= 0.6 is 23.2 Å². The van der Waals surface area contributed by atoms with Crippen molar-refractivity contribution in [3.05, 3.63) is 0 Å². The maximum Gasteiger partial charge on any atom is 0.127 e. The van der Waals surface area contributed by atoms with Gasteiger partial charge >= 0.3 is 0 Å². The summed E-state index contributed by atoms with van der Waals surface area (Å²) in [5.41, 5.74) is 0.272. The van der Waals surface area contributed by atoms with Gasteiger partial charge in [0.05, 0.1) is 0 Å². The highest BCUT2D eigenvalue weighted by Crippen LogP contribution is 2.74. The van der Waals surface area contributed by atoms with E-state index in [0.717, 1.165) is 0 Å². The Hall–Kier alpha value is 0.580. The van der Waals surface area contributed by atoms with Crippen molar-refractivity contribution >= 4 is 23.2 Å². The van der Waals surface area contributed by atoms with E-state index < -0.39 is 0 Å². The molecule has 58 valence electrons. The molecule has 0 heterocycles. The zero-order valence-electron chi connectivity index (χ0n) is 6.16. The number of hydrogen-bond donors (Lipinski definition) is 0. The van der Waals surface area contributed by atoms with Crippen molar-refractivity contribution in [2.24, 2.45) is 11.3 Å². The summed E-state index contributed by atoms with van der Waals surface area (Å²) < 4.78 is -0.372. The minimum absolute atomic E-state index is 0.272. The SMILES string of the molecule is C[C@]12CCCC[C@@H]1C2(Cl)Cl. The molecule has 2 saturated carbocycles. The molecule has 0 bridgehead atoms. The monoisotopic (exact) mass is 178 g/mol. The molecule has 2 atom stereocenters. The molecule has 0 nitrogen and oxygen atoms in total. The molecule has 0 N–H and O–H groups in total. The van der Waals surface area contributed by atoms with Gasteiger partial charge in [-0.15, -0.1) is 23.2 Å². The summed E-state index contributed by atoms with van der Waals surface area (Å²) in [7, 11) is 0. The van der Waals surface area contributed by atoms with E-state index in [2.05, 4.69) is 6.92 Å². The summed E-state index contributed by atoms with van der Waals surface area (Å²) in [5, 5.41) is 0. The molecule has 0 unspecified atom stereocenters. The minimum atomic E-state index is -0.372. The van der Waals surface area contributed by atoms with E-state index in [1.165, 1.54) is 25.7 Å². The first-order valence-corrected chi connectivity index (χ1v) is 4.72. The first kappa shape index (κ1) is 7.24. The van der Waals surface area contributed by atoms with Crippen LogP contribution < -0.4 is 0 Å². The van der Waals surface area contributed by atoms with Crippen molar-refractivity contribution in [2.75, 3.05) is 0 Å². The van der Waals surface area contributed by atoms with Crippen LogP contribution in [0.2, 0.25) is 0 Å². The van der Waals surface area contributed by atoms with Crippen molar-refractivity contribution in [2.45, 2.75) is 36.9 Å². The highest BCUT2D eigenvalue weighted by Gasteiger charge is 2.72. The fourth-order valence-corrected chi connectivity index (χ4v) is 3.40. The Labute approximate surface area is 71.9 Å². The van der Waals surface area contributed by atoms with Gasteiger partial charge in [-0.2, -0.15) is 0 Å². The first-order valence-electron chi connectivity index (χ1n) is 3.97. The number of fused-ring (bicyclic) bond motifs is 1. The topological polar surface area (TPSA) is 0 Å². The number of halogens is 2. The molecule has 0 aromatic carbocycles. The lowest BCUT2D eigenvalue weighted by atomic mass is 9.90. The Balaban J connectivity index is 2.20. The molecule has 2 aliphatic carbocycles. The molecule has 0 spiro atoms. The molecule has 0 saturated heterocycles. The molecule has 2 fully saturated rings. The summed E-state index contributed by atoms with van der Waals surface area (Å²) >= 11 is 12.2. The summed E-state index contributed by atoms with van der Waals surface area (Å²) in [6.45, 7) is 2.22. The molecule has 10 heavy (non-hydrogen) atoms. The molecule has 2 rings (SSSR count). The van der Waals surface area contributed by atoms with E-state index >= 15 is 0 Å². The second-order valence-corrected chi connectivity index (χ2v) is 5.22. The van der Waals surface area contributed by atoms with E-state index in [-0.39, 0.29) is 9.75 Å². The predicted molar refractivity (Wildman–Crippen MR) is 44.5 cm³/mol. The Morgan fingerprint density at radius 3 is 2.40 bits per heavy atom. The van der Waals surface area contributed by atoms with Gasteiger partial charge in [0.25, 0.3) is 0 Å². The molecular weight excluding hydrogens is 167 g/mol. The van der Waals surface area contributed by atoms with Crippen LogP contribution in [0.3, 0.4) is 0 Å². The average molecular weight is 179 g/mol. The van der Waals surface area contributed by atoms with Crippen molar-refractivity contribution < 1.29 is 0 Å². The van der Waals surface area contributed by atoms with Crippen LogP contribution in [-0.4, -0.2) is 4.33 Å². The van der Waals surface area contributed by atoms with Gasteiger partial charge in [0.2, 0.25) is 0 Å². The molecular formula is C8H12Cl2. The van der Waals surface area contributed by atoms with Crippen LogP contribution in [0, 0.1) is 11.3 Å². The number of alkyl halides is 2. The fourth-order valence-electron chi connectivity index (χ4n) is 2.36. The Morgan fingerprint density at radius 1 is 1.30 bits per heavy atom. The smallest absolute Gasteiger partial charge is 0.101 e. The fraction of sp³-hybridized carbons (Fsp3) is 1.00. The molecule has 0 aromatic heterocycles. The van der Waals surface area contributed by atoms with Crippen LogP contribution in [0.5, 0.6) is 0 Å². The third-order valence-electron chi connectivity index (χ3n) is 3.32. The van der Waals surface area contributed by atoms with E-state index in [1.54, 1.807) is 0 Å². The van der Waals surface area contributed by atoms with Gasteiger partial charge in [-0.25, -0.2) is 0 Å². The molecule has 0 aliphatic heterocycles. The van der Waals surface area contributed by atoms with E-state index in [9.17, 15) is 0 Å². The second kappa shape index (κ2) is 1.84. The van der Waals surface area contributed by atoms with Gasteiger partial charge in [0.15, 0.2) is 0 Å². The quantitative estimate of drug-likeness (QED) is 0.500. The van der Waals surface area contributed by atoms with E-state index in [1.807, 2.05) is 0 Å². The van der Waals surface area contributed by atoms with Gasteiger partial charge in [-0.05, 0) is 12.8 Å². The van der Waals surface area contributed by atoms with Gasteiger partial charge in [0.1, 0.15) is 4.33 Å². The van der Waals surface area contributed by atoms with Crippen LogP contribution in [0.15, 0.2) is 0 Å². The lowest BCUT2D eigenvalue weighted by Crippen LogP contribution is -2.06. The van der Waals surface area contributed by atoms with E-state index in [0.29, 0.717) is 5.92 Å². The molecule has 2 heteroatoms. The van der Waals surface area contributed by atoms with Crippen molar-refractivity contribution in [3.8, 4) is 0 Å². The van der Waals surface area contributed by atoms with Crippen LogP contribution in [-0.2, 0) is 0 Å². The lowest BCUT2D eigenvalue weighted by Gasteiger charge is -2.15. The third-order valence-corrected chi connectivity index (χ3v) is 4.71. The standard InChI is InChI=1S/C8H12Cl2/c1-7-5-3-2-4-6(7)8(7,9)10/h6H,2-5H2,1H3/t6-,7-/m0/s1. The first-order chi connectivity index (χ1) is 4.59. The number of rotatable bonds is 0. The predicted octanol–water partition coefficient (Wildman–Crippen LogP) is 3.37. The minimum Gasteiger partial charge on any atom is -0.101 e. The second-order valence-electron chi connectivity index (χ2n) is 3.84. The van der Waals surface area contributed by atoms with Gasteiger partial charge in [-0.3, -0.25) is 0 Å². The van der Waals surface area contributed by atoms with Crippen molar-refractivity contribution in [1.82, 2.24) is 0 Å². The number of hydrogen-bond acceptors (Lipinski definition) is 0. The third kappa shape index (κ3) is 0.648. The van der Waals surface area contributed by atoms with Crippen molar-refractivity contribution in [3.63, 3.8) is 0 Å². The molecule has 2 aliphatic rings. The summed E-state index contributed by atoms with van der Waals surface area (Å²) in [5.74, 6) is 0.595. The zero-order chi connectivity index (χ0) is 7.41. The summed E-state index contributed by atoms with van der Waals surface area (Å²) in [6, 6.07) is 0. The normalized spacial score (nSPS) is 50.1. The largest absolute Gasteiger partial charge is 0.127 e. The lowest BCUT2D eigenvalue weighted by molar-refractivity contribution is 0.365. The van der Waals surface area contributed by atoms with Crippen LogP contribution in [0.1, 0.15) is 32.6 Å². The van der Waals surface area contributed by atoms with Gasteiger partial charge in [0, 0.05) is 11.3 Å². The Bertz CT molecular complexity index is 165. The Kier molecular flexibility index (Phi) is 1.33. The maximum absolute atomic E-state index is 6.12. The van der Waals surface area contributed by atoms with E-state index in [4.69, 9.17) is 23.2 Å². The van der Waals surface area contributed by atoms with Crippen LogP contribution in [0.25, 0.3) is 0 Å². The maximum atomic E-state index is 6.12. The molecule has 0 aromatic rings. The molecule has 0 amide bonds. The van der Waals surface area contributed by atoms with Gasteiger partial charge in [-0.1, -0.05) is 19.8 Å². The highest BCUT2D eigenvalue weighted by molar-refractivity contribution is 6.51. The average Bonchev–Trinajstić information content (AvgIpc) is 2.30. The summed E-state index contributed by atoms with van der Waals surface area (Å²) in [4.78, 5) is 0. The van der Waals surface area contributed by atoms with Crippen LogP contribution in [0.4, 0.5) is 0 Å². The van der Waals surface area contributed by atoms with Gasteiger partial charge < -0.3 is 0 Å². The van der Waals surface area contributed by atoms with Crippen molar-refractivity contribution in [1.29, 1.82) is 0 Å². The zero-order valence-corrected chi connectivity index (χ0v) is 7.67. The molecule has 0 radical (unpaired) electrons. The summed E-state index contributed by atoms with van der Waals surface area (Å²) in [6.07, 6.45) is 5.10. The highest BCUT2D eigenvalue weighted by atomic mass is 35.5. The Morgan fingerprint density at radius 2 is 2.00 bits per heavy atom.